The Balaban J connectivity index is 1.76. The normalized spacial score (nSPS) is 44.1. The van der Waals surface area contributed by atoms with Crippen LogP contribution in [0.4, 0.5) is 0 Å². The van der Waals surface area contributed by atoms with Gasteiger partial charge in [-0.25, -0.2) is 4.79 Å². The fraction of sp³-hybridized carbons (Fsp3) is 0.884. The number of carbonyl (C=O) groups excluding carboxylic acids is 3. The lowest BCUT2D eigenvalue weighted by molar-refractivity contribution is -0.346. The van der Waals surface area contributed by atoms with E-state index in [0.717, 1.165) is 0 Å². The molecule has 4 fully saturated rings. The molecule has 17 atom stereocenters. The predicted octanol–water partition coefficient (Wildman–Crippen LogP) is 3.32. The number of ketones is 1. The Hall–Kier alpha value is -2.01. The number of amides is 1. The Morgan fingerprint density at radius 3 is 2.11 bits per heavy atom. The highest BCUT2D eigenvalue weighted by atomic mass is 16.7. The van der Waals surface area contributed by atoms with Crippen molar-refractivity contribution in [3.63, 3.8) is 0 Å². The van der Waals surface area contributed by atoms with E-state index in [4.69, 9.17) is 23.7 Å². The number of fused-ring (bicyclic) bond motifs is 3. The van der Waals surface area contributed by atoms with Gasteiger partial charge in [0.25, 0.3) is 5.91 Å². The number of carbonyl (C=O) groups is 3. The topological polar surface area (TPSA) is 202 Å². The molecule has 4 aliphatic rings. The summed E-state index contributed by atoms with van der Waals surface area (Å²) < 4.78 is 29.8. The summed E-state index contributed by atoms with van der Waals surface area (Å²) in [4.78, 5) is 43.8. The van der Waals surface area contributed by atoms with Gasteiger partial charge in [-0.15, -0.1) is 0 Å². The van der Waals surface area contributed by atoms with Crippen molar-refractivity contribution >= 4 is 17.7 Å². The van der Waals surface area contributed by atoms with Gasteiger partial charge in [-0.3, -0.25) is 9.59 Å². The molecule has 1 aliphatic carbocycles. The minimum atomic E-state index is -2.36. The van der Waals surface area contributed by atoms with Crippen molar-refractivity contribution in [1.29, 1.82) is 0 Å². The lowest BCUT2D eigenvalue weighted by atomic mass is 9.78. The number of esters is 1. The van der Waals surface area contributed by atoms with E-state index in [0.29, 0.717) is 50.5 Å². The van der Waals surface area contributed by atoms with Crippen LogP contribution in [0.2, 0.25) is 0 Å². The minimum Gasteiger partial charge on any atom is -0.456 e. The second-order valence-corrected chi connectivity index (χ2v) is 17.8. The van der Waals surface area contributed by atoms with Crippen LogP contribution in [0.1, 0.15) is 112 Å². The van der Waals surface area contributed by atoms with Gasteiger partial charge in [0.1, 0.15) is 24.0 Å². The first kappa shape index (κ1) is 47.7. The van der Waals surface area contributed by atoms with Crippen LogP contribution in [0, 0.1) is 35.5 Å². The molecule has 2 unspecified atom stereocenters. The van der Waals surface area contributed by atoms with Gasteiger partial charge in [-0.1, -0.05) is 40.7 Å². The Morgan fingerprint density at radius 2 is 1.47 bits per heavy atom. The molecule has 0 spiro atoms. The first-order chi connectivity index (χ1) is 26.9. The van der Waals surface area contributed by atoms with Crippen LogP contribution in [0.15, 0.2) is 11.6 Å². The number of hydrogen-bond acceptors (Lipinski definition) is 13. The van der Waals surface area contributed by atoms with E-state index in [1.807, 2.05) is 33.8 Å². The van der Waals surface area contributed by atoms with Gasteiger partial charge < -0.3 is 54.1 Å². The first-order valence-corrected chi connectivity index (χ1v) is 21.3. The van der Waals surface area contributed by atoms with E-state index in [9.17, 15) is 39.9 Å². The number of piperidine rings is 1. The van der Waals surface area contributed by atoms with Gasteiger partial charge in [0.2, 0.25) is 5.79 Å². The van der Waals surface area contributed by atoms with Gasteiger partial charge in [-0.05, 0) is 94.5 Å². The van der Waals surface area contributed by atoms with Crippen LogP contribution in [-0.2, 0) is 38.1 Å². The maximum atomic E-state index is 14.3. The third-order valence-electron chi connectivity index (χ3n) is 13.8. The predicted molar refractivity (Wildman–Crippen MR) is 210 cm³/mol. The van der Waals surface area contributed by atoms with E-state index in [2.05, 4.69) is 0 Å². The summed E-state index contributed by atoms with van der Waals surface area (Å²) in [5.41, 5.74) is 0.661. The van der Waals surface area contributed by atoms with Crippen molar-refractivity contribution in [1.82, 2.24) is 4.90 Å². The Bertz CT molecular complexity index is 1360. The van der Waals surface area contributed by atoms with E-state index in [1.165, 1.54) is 19.1 Å². The molecular formula is C43H73NO13. The highest BCUT2D eigenvalue weighted by molar-refractivity contribution is 5.88. The molecule has 4 rings (SSSR count). The average Bonchev–Trinajstić information content (AvgIpc) is 3.20. The number of Topliss-reactive ketones (excluding diaryl/α,β-unsaturated/α-hetero) is 1. The highest BCUT2D eigenvalue weighted by Gasteiger charge is 2.56. The van der Waals surface area contributed by atoms with Crippen LogP contribution in [0.25, 0.3) is 0 Å². The minimum absolute atomic E-state index is 0.00619. The van der Waals surface area contributed by atoms with Gasteiger partial charge in [-0.2, -0.15) is 0 Å². The van der Waals surface area contributed by atoms with Gasteiger partial charge in [0, 0.05) is 52.0 Å². The molecule has 1 saturated carbocycles. The summed E-state index contributed by atoms with van der Waals surface area (Å²) in [6.07, 6.45) is -1.85. The molecule has 14 nitrogen and oxygen atoms in total. The number of hydrogen-bond donors (Lipinski definition) is 5. The number of ether oxygens (including phenoxy) is 5. The molecule has 0 aromatic carbocycles. The summed E-state index contributed by atoms with van der Waals surface area (Å²) in [6.45, 7) is 11.0. The largest absolute Gasteiger partial charge is 0.456 e. The van der Waals surface area contributed by atoms with E-state index >= 15 is 0 Å². The fourth-order valence-electron chi connectivity index (χ4n) is 9.86. The zero-order chi connectivity index (χ0) is 42.4. The molecular weight excluding hydrogens is 738 g/mol. The first-order valence-electron chi connectivity index (χ1n) is 21.3. The molecule has 0 aromatic rings. The molecule has 1 amide bonds. The van der Waals surface area contributed by atoms with Crippen LogP contribution in [0.5, 0.6) is 0 Å². The van der Waals surface area contributed by atoms with Crippen molar-refractivity contribution < 1.29 is 63.6 Å². The molecule has 0 aromatic heterocycles. The lowest BCUT2D eigenvalue weighted by Crippen LogP contribution is -2.66. The van der Waals surface area contributed by atoms with Crippen molar-refractivity contribution in [2.24, 2.45) is 35.5 Å². The van der Waals surface area contributed by atoms with Crippen molar-refractivity contribution in [2.75, 3.05) is 27.9 Å². The van der Waals surface area contributed by atoms with Crippen LogP contribution in [-0.4, -0.2) is 143 Å². The number of aliphatic hydroxyl groups excluding tert-OH is 4. The standard InChI is InChI=1S/C43H73NO13/c1-10-29-18-23(2)37(48)24(3)19-35(54-8)39-36(55-9)20-26(5)43(52,57-39)40(49)41(50)44-16-12-11-13-30(44)42(51)56-38(27(6)32(46)22-33(29)47)25(4)17-28-14-15-31(45)34(21-28)53-7/h17,23-24,26-32,34-40,45-46,48-49,52H,10-16,18-22H2,1-9H3/b25-17+/t23?,24-,26-,27-,28+,29-,30+,31-,32+,34-,35+,36+,37-,38-,39-,40?,43-/m1/s1. The maximum Gasteiger partial charge on any atom is 0.329 e. The van der Waals surface area contributed by atoms with E-state index in [1.54, 1.807) is 21.0 Å². The van der Waals surface area contributed by atoms with E-state index < -0.39 is 90.3 Å². The molecule has 14 heteroatoms. The van der Waals surface area contributed by atoms with Crippen LogP contribution in [0.3, 0.4) is 0 Å². The zero-order valence-electron chi connectivity index (χ0n) is 35.7. The monoisotopic (exact) mass is 812 g/mol. The number of methoxy groups -OCH3 is 3. The quantitative estimate of drug-likeness (QED) is 0.194. The molecule has 0 radical (unpaired) electrons. The van der Waals surface area contributed by atoms with Crippen molar-refractivity contribution in [3.8, 4) is 0 Å². The number of allylic oxidation sites excluding steroid dienone is 1. The number of cyclic esters (lactones) is 1. The SMILES string of the molecule is CC[C@@H]1CC(C)[C@@H](O)[C@H](C)C[C@H](OC)[C@H]2O[C@@](O)(C(O)C(=O)N3CCCC[C@H]3C(=O)O[C@H](/C(C)=C/[C@@H]3CC[C@@H](O)[C@H](OC)C3)[C@H](C)[C@@H](O)CC1=O)[C@H](C)C[C@@H]2OC. The average molecular weight is 812 g/mol. The fourth-order valence-corrected chi connectivity index (χ4v) is 9.86. The second-order valence-electron chi connectivity index (χ2n) is 17.8. The summed E-state index contributed by atoms with van der Waals surface area (Å²) in [6, 6.07) is -1.09. The summed E-state index contributed by atoms with van der Waals surface area (Å²) in [5, 5.41) is 57.6. The lowest BCUT2D eigenvalue weighted by Gasteiger charge is -2.49. The summed E-state index contributed by atoms with van der Waals surface area (Å²) >= 11 is 0. The molecule has 2 bridgehead atoms. The van der Waals surface area contributed by atoms with Crippen LogP contribution >= 0.6 is 0 Å². The summed E-state index contributed by atoms with van der Waals surface area (Å²) in [7, 11) is 4.57. The van der Waals surface area contributed by atoms with E-state index in [-0.39, 0.29) is 61.9 Å². The van der Waals surface area contributed by atoms with Gasteiger partial charge in [0.15, 0.2) is 6.10 Å². The van der Waals surface area contributed by atoms with Crippen molar-refractivity contribution in [3.05, 3.63) is 11.6 Å². The third kappa shape index (κ3) is 11.0. The molecule has 3 heterocycles. The van der Waals surface area contributed by atoms with Gasteiger partial charge >= 0.3 is 5.97 Å². The molecule has 5 N–H and O–H groups in total. The Kier molecular flexibility index (Phi) is 17.6. The Morgan fingerprint density at radius 1 is 0.842 bits per heavy atom. The zero-order valence-corrected chi connectivity index (χ0v) is 35.7. The highest BCUT2D eigenvalue weighted by Crippen LogP contribution is 2.41. The molecule has 57 heavy (non-hydrogen) atoms. The second kappa shape index (κ2) is 21.0. The van der Waals surface area contributed by atoms with Crippen molar-refractivity contribution in [2.45, 2.75) is 179 Å². The Labute approximate surface area is 339 Å². The molecule has 328 valence electrons. The van der Waals surface area contributed by atoms with Gasteiger partial charge in [0.05, 0.1) is 36.6 Å². The smallest absolute Gasteiger partial charge is 0.329 e. The van der Waals surface area contributed by atoms with Crippen LogP contribution < -0.4 is 0 Å². The third-order valence-corrected chi connectivity index (χ3v) is 13.8. The number of aliphatic hydroxyl groups is 5. The molecule has 3 saturated heterocycles. The maximum absolute atomic E-state index is 14.3. The summed E-state index contributed by atoms with van der Waals surface area (Å²) in [5.74, 6) is -6.71. The number of rotatable bonds is 6. The number of nitrogens with zero attached hydrogens (tertiary/aromatic N) is 1. The molecule has 3 aliphatic heterocycles.